The Morgan fingerprint density at radius 3 is 1.73 bits per heavy atom. The molecule has 0 bridgehead atoms. The van der Waals surface area contributed by atoms with Gasteiger partial charge in [-0.2, -0.15) is 12.6 Å². The van der Waals surface area contributed by atoms with Gasteiger partial charge in [-0.1, -0.05) is 27.7 Å². The maximum Gasteiger partial charge on any atom is 0.351 e. The second kappa shape index (κ2) is 8.62. The van der Waals surface area contributed by atoms with Crippen LogP contribution in [0.1, 0.15) is 47.0 Å². The molecular formula is C11H26O2SSi. The average molecular weight is 250 g/mol. The van der Waals surface area contributed by atoms with Crippen molar-refractivity contribution in [2.75, 3.05) is 13.2 Å². The molecule has 92 valence electrons. The molecule has 0 aliphatic heterocycles. The first-order valence-electron chi connectivity index (χ1n) is 6.12. The first kappa shape index (κ1) is 15.5. The smallest absolute Gasteiger partial charge is 0.351 e. The highest BCUT2D eigenvalue weighted by Crippen LogP contribution is 2.25. The summed E-state index contributed by atoms with van der Waals surface area (Å²) in [5.41, 5.74) is 0. The molecule has 4 heteroatoms. The molecule has 0 radical (unpaired) electrons. The van der Waals surface area contributed by atoms with Crippen molar-refractivity contribution in [3.8, 4) is 0 Å². The fraction of sp³-hybridized carbons (Fsp3) is 1.00. The Labute approximate surface area is 101 Å². The van der Waals surface area contributed by atoms with Crippen molar-refractivity contribution in [2.45, 2.75) is 57.9 Å². The maximum atomic E-state index is 6.02. The molecule has 0 amide bonds. The maximum absolute atomic E-state index is 6.02. The summed E-state index contributed by atoms with van der Waals surface area (Å²) < 4.78 is 12.0. The van der Waals surface area contributed by atoms with Crippen LogP contribution in [-0.2, 0) is 8.85 Å². The number of rotatable bonds is 9. The van der Waals surface area contributed by atoms with E-state index in [9.17, 15) is 0 Å². The summed E-state index contributed by atoms with van der Waals surface area (Å²) in [4.78, 5) is 0.292. The number of hydrogen-bond donors (Lipinski definition) is 1. The van der Waals surface area contributed by atoms with E-state index in [2.05, 4.69) is 40.3 Å². The van der Waals surface area contributed by atoms with Crippen LogP contribution in [0, 0.1) is 0 Å². The summed E-state index contributed by atoms with van der Waals surface area (Å²) in [6.45, 7) is 10.2. The van der Waals surface area contributed by atoms with Gasteiger partial charge in [0.1, 0.15) is 0 Å². The molecule has 0 rings (SSSR count). The van der Waals surface area contributed by atoms with Crippen LogP contribution in [0.15, 0.2) is 0 Å². The van der Waals surface area contributed by atoms with Gasteiger partial charge in [0.15, 0.2) is 0 Å². The van der Waals surface area contributed by atoms with Gasteiger partial charge in [-0.15, -0.1) is 0 Å². The molecule has 15 heavy (non-hydrogen) atoms. The summed E-state index contributed by atoms with van der Waals surface area (Å²) in [6.07, 6.45) is 3.12. The summed E-state index contributed by atoms with van der Waals surface area (Å²) in [5.74, 6) is 0. The minimum Gasteiger partial charge on any atom is -0.394 e. The Kier molecular flexibility index (Phi) is 8.90. The molecular weight excluding hydrogens is 224 g/mol. The summed E-state index contributed by atoms with van der Waals surface area (Å²) >= 11 is 4.65. The van der Waals surface area contributed by atoms with E-state index in [1.807, 2.05) is 0 Å². The predicted molar refractivity (Wildman–Crippen MR) is 71.8 cm³/mol. The highest BCUT2D eigenvalue weighted by atomic mass is 32.1. The minimum absolute atomic E-state index is 0.292. The summed E-state index contributed by atoms with van der Waals surface area (Å²) in [7, 11) is -2.05. The van der Waals surface area contributed by atoms with E-state index in [0.717, 1.165) is 38.5 Å². The second-order valence-electron chi connectivity index (χ2n) is 3.79. The van der Waals surface area contributed by atoms with E-state index in [0.29, 0.717) is 4.87 Å². The molecule has 1 atom stereocenters. The van der Waals surface area contributed by atoms with Gasteiger partial charge < -0.3 is 8.85 Å². The van der Waals surface area contributed by atoms with Crippen molar-refractivity contribution in [3.05, 3.63) is 0 Å². The molecule has 0 heterocycles. The van der Waals surface area contributed by atoms with Crippen molar-refractivity contribution in [3.63, 3.8) is 0 Å². The molecule has 0 saturated heterocycles. The molecule has 1 unspecified atom stereocenters. The van der Waals surface area contributed by atoms with Crippen LogP contribution in [0.4, 0.5) is 0 Å². The van der Waals surface area contributed by atoms with Gasteiger partial charge in [0, 0.05) is 18.1 Å². The molecule has 0 spiro atoms. The monoisotopic (exact) mass is 250 g/mol. The third-order valence-corrected chi connectivity index (χ3v) is 7.83. The van der Waals surface area contributed by atoms with Crippen LogP contribution >= 0.6 is 12.6 Å². The van der Waals surface area contributed by atoms with Crippen LogP contribution in [-0.4, -0.2) is 26.6 Å². The summed E-state index contributed by atoms with van der Waals surface area (Å²) in [6, 6.07) is 0.995. The van der Waals surface area contributed by atoms with Crippen LogP contribution in [0.25, 0.3) is 0 Å². The van der Waals surface area contributed by atoms with Gasteiger partial charge in [0.25, 0.3) is 0 Å². The molecule has 2 nitrogen and oxygen atoms in total. The molecule has 0 N–H and O–H groups in total. The molecule has 0 aromatic heterocycles. The van der Waals surface area contributed by atoms with Gasteiger partial charge in [-0.3, -0.25) is 0 Å². The topological polar surface area (TPSA) is 18.5 Å². The lowest BCUT2D eigenvalue weighted by Gasteiger charge is -2.33. The SMILES string of the molecule is CCCO[Si](CC)(OCCC)C(S)CC. The fourth-order valence-corrected chi connectivity index (χ4v) is 5.60. The average Bonchev–Trinajstić information content (AvgIpc) is 2.29. The lowest BCUT2D eigenvalue weighted by Crippen LogP contribution is -2.51. The third-order valence-electron chi connectivity index (χ3n) is 2.49. The van der Waals surface area contributed by atoms with Gasteiger partial charge >= 0.3 is 8.56 Å². The van der Waals surface area contributed by atoms with Crippen molar-refractivity contribution in [2.24, 2.45) is 0 Å². The van der Waals surface area contributed by atoms with E-state index >= 15 is 0 Å². The van der Waals surface area contributed by atoms with Crippen molar-refractivity contribution in [1.82, 2.24) is 0 Å². The first-order valence-corrected chi connectivity index (χ1v) is 8.74. The van der Waals surface area contributed by atoms with Crippen LogP contribution in [0.2, 0.25) is 6.04 Å². The number of hydrogen-bond acceptors (Lipinski definition) is 3. The molecule has 0 aliphatic rings. The van der Waals surface area contributed by atoms with Gasteiger partial charge in [-0.25, -0.2) is 0 Å². The molecule has 0 fully saturated rings. The van der Waals surface area contributed by atoms with Gasteiger partial charge in [0.2, 0.25) is 0 Å². The van der Waals surface area contributed by atoms with E-state index in [1.165, 1.54) is 0 Å². The number of thiol groups is 1. The van der Waals surface area contributed by atoms with Crippen LogP contribution < -0.4 is 0 Å². The largest absolute Gasteiger partial charge is 0.394 e. The Morgan fingerprint density at radius 2 is 1.47 bits per heavy atom. The third kappa shape index (κ3) is 4.89. The molecule has 0 aromatic rings. The highest BCUT2D eigenvalue weighted by molar-refractivity contribution is 7.83. The normalized spacial score (nSPS) is 14.2. The van der Waals surface area contributed by atoms with E-state index < -0.39 is 8.56 Å². The van der Waals surface area contributed by atoms with Gasteiger partial charge in [-0.05, 0) is 25.3 Å². The van der Waals surface area contributed by atoms with E-state index in [-0.39, 0.29) is 0 Å². The standard InChI is InChI=1S/C11H26O2SSi/c1-5-9-12-15(8-4,11(14)7-3)13-10-6-2/h11,14H,5-10H2,1-4H3. The highest BCUT2D eigenvalue weighted by Gasteiger charge is 2.41. The van der Waals surface area contributed by atoms with E-state index in [1.54, 1.807) is 0 Å². The van der Waals surface area contributed by atoms with Crippen LogP contribution in [0.5, 0.6) is 0 Å². The van der Waals surface area contributed by atoms with Crippen LogP contribution in [0.3, 0.4) is 0 Å². The lowest BCUT2D eigenvalue weighted by atomic mass is 10.5. The zero-order chi connectivity index (χ0) is 11.7. The first-order chi connectivity index (χ1) is 7.16. The van der Waals surface area contributed by atoms with Crippen molar-refractivity contribution >= 4 is 21.2 Å². The zero-order valence-electron chi connectivity index (χ0n) is 10.6. The van der Waals surface area contributed by atoms with E-state index in [4.69, 9.17) is 8.85 Å². The Hall–Kier alpha value is 0.487. The summed E-state index contributed by atoms with van der Waals surface area (Å²) in [5, 5.41) is 0. The quantitative estimate of drug-likeness (QED) is 0.498. The second-order valence-corrected chi connectivity index (χ2v) is 8.50. The Morgan fingerprint density at radius 1 is 1.00 bits per heavy atom. The minimum atomic E-state index is -2.05. The molecule has 0 aliphatic carbocycles. The lowest BCUT2D eigenvalue weighted by molar-refractivity contribution is 0.166. The molecule has 0 aromatic carbocycles. The Balaban J connectivity index is 4.43. The van der Waals surface area contributed by atoms with Gasteiger partial charge in [0.05, 0.1) is 0 Å². The van der Waals surface area contributed by atoms with Crippen molar-refractivity contribution in [1.29, 1.82) is 0 Å². The Bertz CT molecular complexity index is 148. The zero-order valence-corrected chi connectivity index (χ0v) is 12.5. The predicted octanol–water partition coefficient (Wildman–Crippen LogP) is 3.55. The molecule has 0 saturated carbocycles. The fourth-order valence-electron chi connectivity index (χ4n) is 1.53. The van der Waals surface area contributed by atoms with Crippen molar-refractivity contribution < 1.29 is 8.85 Å².